The summed E-state index contributed by atoms with van der Waals surface area (Å²) in [6.45, 7) is 0. The first-order valence-electron chi connectivity index (χ1n) is 10.1. The zero-order valence-corrected chi connectivity index (χ0v) is 17.5. The number of hydrogen-bond donors (Lipinski definition) is 0. The summed E-state index contributed by atoms with van der Waals surface area (Å²) in [6.07, 6.45) is 0. The summed E-state index contributed by atoms with van der Waals surface area (Å²) in [4.78, 5) is 0. The maximum Gasteiger partial charge on any atom is 0.346 e. The first kappa shape index (κ1) is 18.4. The molecule has 5 aromatic carbocycles. The van der Waals surface area contributed by atoms with Crippen molar-refractivity contribution >= 4 is 34.7 Å². The van der Waals surface area contributed by atoms with Crippen molar-refractivity contribution in [2.24, 2.45) is 0 Å². The first-order valence-corrected chi connectivity index (χ1v) is 12.0. The Balaban J connectivity index is 1.82. The molecule has 0 amide bonds. The Hall–Kier alpha value is -3.62. The summed E-state index contributed by atoms with van der Waals surface area (Å²) in [5.74, 6) is 0.896. The van der Waals surface area contributed by atoms with Gasteiger partial charge in [0.2, 0.25) is 0 Å². The average molecular weight is 402 g/mol. The van der Waals surface area contributed by atoms with E-state index < -0.39 is 8.32 Å². The molecule has 0 N–H and O–H groups in total. The van der Waals surface area contributed by atoms with Crippen LogP contribution in [0.1, 0.15) is 0 Å². The molecule has 0 fully saturated rings. The lowest BCUT2D eigenvalue weighted by Crippen LogP contribution is -2.71. The van der Waals surface area contributed by atoms with E-state index in [1.807, 2.05) is 12.1 Å². The summed E-state index contributed by atoms with van der Waals surface area (Å²) >= 11 is 0. The number of benzene rings is 5. The third kappa shape index (κ3) is 3.21. The molecule has 0 spiro atoms. The van der Waals surface area contributed by atoms with Gasteiger partial charge in [0.15, 0.2) is 0 Å². The van der Waals surface area contributed by atoms with Gasteiger partial charge in [0.05, 0.1) is 0 Å². The third-order valence-electron chi connectivity index (χ3n) is 5.49. The molecule has 1 nitrogen and oxygen atoms in total. The van der Waals surface area contributed by atoms with Gasteiger partial charge in [0, 0.05) is 5.39 Å². The molecule has 0 unspecified atom stereocenters. The monoisotopic (exact) mass is 401 g/mol. The molecule has 0 atom stereocenters. The van der Waals surface area contributed by atoms with E-state index in [1.54, 1.807) is 0 Å². The predicted molar refractivity (Wildman–Crippen MR) is 127 cm³/mol. The highest BCUT2D eigenvalue weighted by Crippen LogP contribution is 2.27. The Morgan fingerprint density at radius 3 is 1.60 bits per heavy atom. The molecule has 0 aliphatic carbocycles. The molecule has 5 rings (SSSR count). The Kier molecular flexibility index (Phi) is 4.92. The lowest BCUT2D eigenvalue weighted by Gasteiger charge is -2.34. The summed E-state index contributed by atoms with van der Waals surface area (Å²) in [6, 6.07) is 47.5. The number of rotatable bonds is 5. The van der Waals surface area contributed by atoms with Crippen molar-refractivity contribution in [3.05, 3.63) is 133 Å². The van der Waals surface area contributed by atoms with Crippen molar-refractivity contribution < 1.29 is 4.43 Å². The lowest BCUT2D eigenvalue weighted by atomic mass is 10.1. The number of fused-ring (bicyclic) bond motifs is 1. The van der Waals surface area contributed by atoms with Crippen LogP contribution in [-0.4, -0.2) is 8.32 Å². The highest BCUT2D eigenvalue weighted by molar-refractivity contribution is 7.07. The van der Waals surface area contributed by atoms with E-state index >= 15 is 0 Å². The Morgan fingerprint density at radius 2 is 1.07 bits per heavy atom. The van der Waals surface area contributed by atoms with E-state index in [-0.39, 0.29) is 0 Å². The molecule has 0 aliphatic rings. The van der Waals surface area contributed by atoms with Gasteiger partial charge in [-0.3, -0.25) is 0 Å². The lowest BCUT2D eigenvalue weighted by molar-refractivity contribution is 0.584. The van der Waals surface area contributed by atoms with Gasteiger partial charge in [-0.05, 0) is 39.1 Å². The fraction of sp³-hybridized carbons (Fsp3) is 0. The van der Waals surface area contributed by atoms with E-state index in [2.05, 4.69) is 121 Å². The smallest absolute Gasteiger partial charge is 0.346 e. The first-order chi connectivity index (χ1) is 14.9. The van der Waals surface area contributed by atoms with Gasteiger partial charge < -0.3 is 4.43 Å². The topological polar surface area (TPSA) is 9.23 Å². The zero-order valence-electron chi connectivity index (χ0n) is 16.5. The van der Waals surface area contributed by atoms with Gasteiger partial charge in [0.25, 0.3) is 0 Å². The maximum absolute atomic E-state index is 7.19. The predicted octanol–water partition coefficient (Wildman–Crippen LogP) is 4.69. The van der Waals surface area contributed by atoms with Crippen LogP contribution in [0.2, 0.25) is 0 Å². The average Bonchev–Trinajstić information content (AvgIpc) is 2.84. The second-order valence-corrected chi connectivity index (χ2v) is 10.6. The van der Waals surface area contributed by atoms with Gasteiger partial charge in [0.1, 0.15) is 5.75 Å². The molecular weight excluding hydrogens is 380 g/mol. The van der Waals surface area contributed by atoms with E-state index in [0.717, 1.165) is 16.5 Å². The molecule has 0 heterocycles. The Morgan fingerprint density at radius 1 is 0.533 bits per heavy atom. The molecule has 1 radical (unpaired) electrons. The third-order valence-corrected chi connectivity index (χ3v) is 9.46. The second kappa shape index (κ2) is 8.01. The van der Waals surface area contributed by atoms with Crippen LogP contribution in [0.25, 0.3) is 10.8 Å². The molecule has 0 aliphatic heterocycles. The molecule has 0 saturated heterocycles. The standard InChI is InChI=1S/C28H21OSi/c1-4-15-24(16-5-1)30(25-17-6-2-7-18-25,26-19-8-3-9-20-26)29-28-22-12-14-23-13-10-11-21-27(23)28/h1-10,12-22H. The fourth-order valence-corrected chi connectivity index (χ4v) is 7.93. The van der Waals surface area contributed by atoms with Crippen LogP contribution in [0.15, 0.2) is 127 Å². The molecule has 0 aromatic heterocycles. The van der Waals surface area contributed by atoms with Gasteiger partial charge in [-0.1, -0.05) is 115 Å². The van der Waals surface area contributed by atoms with Crippen LogP contribution < -0.4 is 20.0 Å². The highest BCUT2D eigenvalue weighted by Gasteiger charge is 2.44. The molecule has 0 bridgehead atoms. The largest absolute Gasteiger partial charge is 0.530 e. The quantitative estimate of drug-likeness (QED) is 0.307. The van der Waals surface area contributed by atoms with Crippen LogP contribution in [0.4, 0.5) is 0 Å². The summed E-state index contributed by atoms with van der Waals surface area (Å²) in [5.41, 5.74) is 0. The molecule has 0 saturated carbocycles. The van der Waals surface area contributed by atoms with Crippen molar-refractivity contribution in [1.82, 2.24) is 0 Å². The fourth-order valence-electron chi connectivity index (χ4n) is 4.08. The molecule has 143 valence electrons. The van der Waals surface area contributed by atoms with Gasteiger partial charge >= 0.3 is 8.32 Å². The summed E-state index contributed by atoms with van der Waals surface area (Å²) < 4.78 is 7.19. The van der Waals surface area contributed by atoms with E-state index in [4.69, 9.17) is 4.43 Å². The van der Waals surface area contributed by atoms with Crippen LogP contribution in [0.5, 0.6) is 5.75 Å². The summed E-state index contributed by atoms with van der Waals surface area (Å²) in [5, 5.41) is 5.90. The van der Waals surface area contributed by atoms with Crippen LogP contribution in [0.3, 0.4) is 0 Å². The van der Waals surface area contributed by atoms with Crippen LogP contribution in [0, 0.1) is 6.07 Å². The van der Waals surface area contributed by atoms with Crippen molar-refractivity contribution in [1.29, 1.82) is 0 Å². The minimum atomic E-state index is -2.80. The SMILES string of the molecule is [c]1ccc2cccc(O[Si](c3ccccc3)(c3ccccc3)c3ccccc3)c2c1. The van der Waals surface area contributed by atoms with Crippen LogP contribution >= 0.6 is 0 Å². The maximum atomic E-state index is 7.19. The van der Waals surface area contributed by atoms with Gasteiger partial charge in [-0.15, -0.1) is 0 Å². The van der Waals surface area contributed by atoms with Gasteiger partial charge in [-0.25, -0.2) is 0 Å². The second-order valence-electron chi connectivity index (χ2n) is 7.28. The van der Waals surface area contributed by atoms with E-state index in [9.17, 15) is 0 Å². The summed E-state index contributed by atoms with van der Waals surface area (Å²) in [7, 11) is -2.80. The highest BCUT2D eigenvalue weighted by atomic mass is 28.4. The number of hydrogen-bond acceptors (Lipinski definition) is 1. The molecule has 30 heavy (non-hydrogen) atoms. The van der Waals surface area contributed by atoms with E-state index in [1.165, 1.54) is 15.6 Å². The minimum Gasteiger partial charge on any atom is -0.530 e. The van der Waals surface area contributed by atoms with Crippen molar-refractivity contribution in [2.75, 3.05) is 0 Å². The van der Waals surface area contributed by atoms with Gasteiger partial charge in [-0.2, -0.15) is 0 Å². The van der Waals surface area contributed by atoms with E-state index in [0.29, 0.717) is 0 Å². The molecule has 2 heteroatoms. The molecule has 5 aromatic rings. The Labute approximate surface area is 178 Å². The van der Waals surface area contributed by atoms with Crippen LogP contribution in [-0.2, 0) is 0 Å². The van der Waals surface area contributed by atoms with Crippen molar-refractivity contribution in [3.8, 4) is 5.75 Å². The van der Waals surface area contributed by atoms with Crippen molar-refractivity contribution in [3.63, 3.8) is 0 Å². The Bertz CT molecular complexity index is 1150. The zero-order chi connectivity index (χ0) is 20.2. The minimum absolute atomic E-state index is 0.896. The normalized spacial score (nSPS) is 11.3. The molecular formula is C28H21OSi. The van der Waals surface area contributed by atoms with Crippen molar-refractivity contribution in [2.45, 2.75) is 0 Å².